The van der Waals surface area contributed by atoms with E-state index in [4.69, 9.17) is 0 Å². The fraction of sp³-hybridized carbons (Fsp3) is 1.00. The smallest absolute Gasteiger partial charge is 0.0264 e. The summed E-state index contributed by atoms with van der Waals surface area (Å²) in [6.07, 6.45) is 16.5. The summed E-state index contributed by atoms with van der Waals surface area (Å²) in [6.45, 7) is 28.1. The fourth-order valence-electron chi connectivity index (χ4n) is 10.3. The van der Waals surface area contributed by atoms with E-state index in [0.717, 1.165) is 41.4 Å². The van der Waals surface area contributed by atoms with Gasteiger partial charge in [-0.2, -0.15) is 0 Å². The van der Waals surface area contributed by atoms with E-state index in [1.165, 1.54) is 51.4 Å². The van der Waals surface area contributed by atoms with Crippen molar-refractivity contribution in [3.05, 3.63) is 0 Å². The van der Waals surface area contributed by atoms with Crippen LogP contribution in [0.25, 0.3) is 0 Å². The second-order valence-corrected chi connectivity index (χ2v) is 17.2. The van der Waals surface area contributed by atoms with Gasteiger partial charge in [-0.05, 0) is 133 Å². The van der Waals surface area contributed by atoms with E-state index in [-0.39, 0.29) is 0 Å². The fourth-order valence-corrected chi connectivity index (χ4v) is 10.3. The summed E-state index contributed by atoms with van der Waals surface area (Å²) >= 11 is 0. The number of hydrogen-bond donors (Lipinski definition) is 0. The Labute approximate surface area is 215 Å². The van der Waals surface area contributed by atoms with E-state index in [0.29, 0.717) is 27.1 Å². The van der Waals surface area contributed by atoms with Crippen LogP contribution in [0.15, 0.2) is 0 Å². The quantitative estimate of drug-likeness (QED) is 0.383. The molecule has 0 radical (unpaired) electrons. The lowest BCUT2D eigenvalue weighted by atomic mass is 9.41. The van der Waals surface area contributed by atoms with Crippen LogP contribution < -0.4 is 0 Å². The topological polar surface area (TPSA) is 0 Å². The maximum atomic E-state index is 2.77. The molecule has 0 aromatic heterocycles. The Balaban J connectivity index is 1.46. The van der Waals surface area contributed by atoms with Crippen LogP contribution in [0, 0.1) is 68.5 Å². The van der Waals surface area contributed by atoms with Crippen LogP contribution in [-0.2, 0) is 0 Å². The average molecular weight is 471 g/mol. The predicted octanol–water partition coefficient (Wildman–Crippen LogP) is 10.8. The highest BCUT2D eigenvalue weighted by molar-refractivity contribution is 5.11. The van der Waals surface area contributed by atoms with Crippen molar-refractivity contribution in [2.75, 3.05) is 0 Å². The van der Waals surface area contributed by atoms with Crippen LogP contribution in [0.4, 0.5) is 0 Å². The predicted molar refractivity (Wildman–Crippen MR) is 150 cm³/mol. The molecule has 0 aromatic carbocycles. The van der Waals surface area contributed by atoms with Crippen LogP contribution in [0.3, 0.4) is 0 Å². The van der Waals surface area contributed by atoms with E-state index in [1.54, 1.807) is 19.3 Å². The highest BCUT2D eigenvalue weighted by atomic mass is 14.7. The summed E-state index contributed by atoms with van der Waals surface area (Å²) in [5.41, 5.74) is 2.68. The lowest BCUT2D eigenvalue weighted by Gasteiger charge is -2.64. The molecule has 4 aliphatic rings. The molecule has 0 heteroatoms. The zero-order chi connectivity index (χ0) is 25.3. The summed E-state index contributed by atoms with van der Waals surface area (Å²) in [5, 5.41) is 0. The van der Waals surface area contributed by atoms with Crippen LogP contribution >= 0.6 is 0 Å². The molecule has 0 N–H and O–H groups in total. The van der Waals surface area contributed by atoms with Crippen molar-refractivity contribution in [2.24, 2.45) is 68.5 Å². The summed E-state index contributed by atoms with van der Waals surface area (Å²) in [6, 6.07) is 0. The third-order valence-corrected chi connectivity index (χ3v) is 14.1. The minimum atomic E-state index is 0.440. The molecule has 0 saturated heterocycles. The maximum Gasteiger partial charge on any atom is -0.0264 e. The molecule has 4 saturated carbocycles. The van der Waals surface area contributed by atoms with E-state index in [1.807, 2.05) is 0 Å². The van der Waals surface area contributed by atoms with Gasteiger partial charge in [0, 0.05) is 0 Å². The molecule has 0 nitrogen and oxygen atoms in total. The van der Waals surface area contributed by atoms with Gasteiger partial charge < -0.3 is 0 Å². The number of rotatable bonds is 4. The van der Waals surface area contributed by atoms with Gasteiger partial charge >= 0.3 is 0 Å². The minimum Gasteiger partial charge on any atom is -0.0622 e. The van der Waals surface area contributed by atoms with Gasteiger partial charge in [-0.25, -0.2) is 0 Å². The van der Waals surface area contributed by atoms with Crippen molar-refractivity contribution in [2.45, 2.75) is 147 Å². The van der Waals surface area contributed by atoms with Gasteiger partial charge in [-0.1, -0.05) is 82.6 Å². The molecule has 4 fully saturated rings. The molecule has 0 heterocycles. The van der Waals surface area contributed by atoms with Crippen molar-refractivity contribution in [1.82, 2.24) is 0 Å². The van der Waals surface area contributed by atoms with E-state index in [2.05, 4.69) is 76.2 Å². The second kappa shape index (κ2) is 8.79. The maximum absolute atomic E-state index is 2.77. The van der Waals surface area contributed by atoms with Gasteiger partial charge in [-0.3, -0.25) is 0 Å². The van der Waals surface area contributed by atoms with Gasteiger partial charge in [0.2, 0.25) is 0 Å². The minimum absolute atomic E-state index is 0.440. The van der Waals surface area contributed by atoms with Crippen molar-refractivity contribution in [3.63, 3.8) is 0 Å². The SMILES string of the molecule is C[C@H](CC[C@@H](C)C(C)(C)C)[C@H]1CC[C@H]2[C@@H]3CC[C@@H]4C[C@](C)(C(C)(C)C)CC[C@]4(C)[C@H]3CC[C@]12C. The third-order valence-electron chi connectivity index (χ3n) is 14.1. The molecule has 0 spiro atoms. The lowest BCUT2D eigenvalue weighted by molar-refractivity contribution is -0.145. The van der Waals surface area contributed by atoms with Crippen molar-refractivity contribution >= 4 is 0 Å². The standard InChI is InChI=1S/C34H62/c1-23(12-13-24(2)30(3,4)5)27-16-17-28-26-15-14-25-22-32(9,31(6,7)8)20-21-33(25,10)29(26)18-19-34(27,28)11/h23-29H,12-22H2,1-11H3/t23-,24-,25-,26+,27-,28+,29+,32-,33+,34-/m1/s1. The van der Waals surface area contributed by atoms with Crippen LogP contribution in [0.5, 0.6) is 0 Å². The van der Waals surface area contributed by atoms with Crippen molar-refractivity contribution in [3.8, 4) is 0 Å². The first kappa shape index (κ1) is 27.0. The van der Waals surface area contributed by atoms with Crippen molar-refractivity contribution in [1.29, 1.82) is 0 Å². The molecule has 4 rings (SSSR count). The Morgan fingerprint density at radius 1 is 0.706 bits per heavy atom. The van der Waals surface area contributed by atoms with E-state index < -0.39 is 0 Å². The molecule has 34 heavy (non-hydrogen) atoms. The highest BCUT2D eigenvalue weighted by Gasteiger charge is 2.62. The zero-order valence-electron chi connectivity index (χ0n) is 25.3. The molecule has 0 amide bonds. The van der Waals surface area contributed by atoms with Gasteiger partial charge in [0.25, 0.3) is 0 Å². The third kappa shape index (κ3) is 4.36. The summed E-state index contributed by atoms with van der Waals surface area (Å²) in [4.78, 5) is 0. The largest absolute Gasteiger partial charge is 0.0622 e. The van der Waals surface area contributed by atoms with Gasteiger partial charge in [0.15, 0.2) is 0 Å². The lowest BCUT2D eigenvalue weighted by Crippen LogP contribution is -2.55. The molecule has 0 aromatic rings. The monoisotopic (exact) mass is 470 g/mol. The highest BCUT2D eigenvalue weighted by Crippen LogP contribution is 2.70. The Kier molecular flexibility index (Phi) is 6.99. The molecular formula is C34H62. The first-order valence-corrected chi connectivity index (χ1v) is 15.5. The molecular weight excluding hydrogens is 408 g/mol. The first-order chi connectivity index (χ1) is 15.5. The average Bonchev–Trinajstić information content (AvgIpc) is 3.08. The number of fused-ring (bicyclic) bond motifs is 5. The molecule has 198 valence electrons. The van der Waals surface area contributed by atoms with Crippen LogP contribution in [0.2, 0.25) is 0 Å². The molecule has 0 bridgehead atoms. The second-order valence-electron chi connectivity index (χ2n) is 17.2. The zero-order valence-corrected chi connectivity index (χ0v) is 25.3. The Morgan fingerprint density at radius 3 is 1.97 bits per heavy atom. The van der Waals surface area contributed by atoms with Crippen LogP contribution in [0.1, 0.15) is 147 Å². The molecule has 10 atom stereocenters. The molecule has 0 unspecified atom stereocenters. The summed E-state index contributed by atoms with van der Waals surface area (Å²) in [5.74, 6) is 6.76. The normalized spacial score (nSPS) is 46.9. The molecule has 4 aliphatic carbocycles. The molecule has 0 aliphatic heterocycles. The Bertz CT molecular complexity index is 719. The van der Waals surface area contributed by atoms with Gasteiger partial charge in [0.1, 0.15) is 0 Å². The number of hydrogen-bond acceptors (Lipinski definition) is 0. The summed E-state index contributed by atoms with van der Waals surface area (Å²) < 4.78 is 0. The van der Waals surface area contributed by atoms with Crippen molar-refractivity contribution < 1.29 is 0 Å². The van der Waals surface area contributed by atoms with Gasteiger partial charge in [-0.15, -0.1) is 0 Å². The van der Waals surface area contributed by atoms with Crippen LogP contribution in [-0.4, -0.2) is 0 Å². The Hall–Kier alpha value is 0. The Morgan fingerprint density at radius 2 is 1.35 bits per heavy atom. The summed E-state index contributed by atoms with van der Waals surface area (Å²) in [7, 11) is 0. The van der Waals surface area contributed by atoms with E-state index in [9.17, 15) is 0 Å². The van der Waals surface area contributed by atoms with Gasteiger partial charge in [0.05, 0.1) is 0 Å². The first-order valence-electron chi connectivity index (χ1n) is 15.5. The van der Waals surface area contributed by atoms with E-state index >= 15 is 0 Å².